The fourth-order valence-electron chi connectivity index (χ4n) is 1.17. The Morgan fingerprint density at radius 2 is 2.00 bits per heavy atom. The van der Waals surface area contributed by atoms with Gasteiger partial charge in [0.25, 0.3) is 0 Å². The van der Waals surface area contributed by atoms with E-state index in [0.29, 0.717) is 6.54 Å². The molecule has 14 heavy (non-hydrogen) atoms. The first-order chi connectivity index (χ1) is 6.83. The molecule has 1 aromatic rings. The highest BCUT2D eigenvalue weighted by atomic mass is 16.3. The Bertz CT molecular complexity index is 248. The zero-order chi connectivity index (χ0) is 10.2. The molecule has 0 amide bonds. The molecule has 3 N–H and O–H groups in total. The van der Waals surface area contributed by atoms with Gasteiger partial charge in [0.05, 0.1) is 13.2 Å². The third-order valence-electron chi connectivity index (χ3n) is 1.86. The van der Waals surface area contributed by atoms with Gasteiger partial charge in [0.15, 0.2) is 0 Å². The van der Waals surface area contributed by atoms with E-state index >= 15 is 0 Å². The van der Waals surface area contributed by atoms with Gasteiger partial charge in [-0.15, -0.1) is 0 Å². The molecule has 0 aromatic carbocycles. The minimum absolute atomic E-state index is 0.192. The van der Waals surface area contributed by atoms with Gasteiger partial charge in [0.1, 0.15) is 11.5 Å². The molecule has 0 bridgehead atoms. The molecule has 4 nitrogen and oxygen atoms in total. The Kier molecular flexibility index (Phi) is 5.29. The smallest absolute Gasteiger partial charge is 0.117 e. The van der Waals surface area contributed by atoms with Crippen LogP contribution in [0.4, 0.5) is 0 Å². The van der Waals surface area contributed by atoms with E-state index in [0.717, 1.165) is 31.2 Å². The number of aryl methyl sites for hydroxylation is 1. The van der Waals surface area contributed by atoms with E-state index in [2.05, 4.69) is 10.6 Å². The zero-order valence-corrected chi connectivity index (χ0v) is 8.55. The van der Waals surface area contributed by atoms with Gasteiger partial charge in [0.2, 0.25) is 0 Å². The fraction of sp³-hybridized carbons (Fsp3) is 0.600. The average molecular weight is 198 g/mol. The van der Waals surface area contributed by atoms with Crippen LogP contribution >= 0.6 is 0 Å². The molecule has 4 heteroatoms. The number of aliphatic hydroxyl groups excluding tert-OH is 1. The summed E-state index contributed by atoms with van der Waals surface area (Å²) in [7, 11) is 0. The molecule has 0 radical (unpaired) electrons. The second-order valence-corrected chi connectivity index (χ2v) is 3.16. The summed E-state index contributed by atoms with van der Waals surface area (Å²) in [5.74, 6) is 1.91. The SMILES string of the molecule is Cc1ccc(CNCCNCCO)o1. The fourth-order valence-corrected chi connectivity index (χ4v) is 1.17. The van der Waals surface area contributed by atoms with Gasteiger partial charge in [-0.2, -0.15) is 0 Å². The first-order valence-corrected chi connectivity index (χ1v) is 4.90. The van der Waals surface area contributed by atoms with Crippen molar-refractivity contribution >= 4 is 0 Å². The predicted octanol–water partition coefficient (Wildman–Crippen LogP) is 0.260. The molecule has 0 spiro atoms. The Morgan fingerprint density at radius 3 is 2.64 bits per heavy atom. The molecule has 0 aliphatic rings. The minimum atomic E-state index is 0.192. The normalized spacial score (nSPS) is 10.7. The first-order valence-electron chi connectivity index (χ1n) is 4.90. The van der Waals surface area contributed by atoms with Crippen LogP contribution in [0.25, 0.3) is 0 Å². The number of nitrogens with one attached hydrogen (secondary N) is 2. The number of hydrogen-bond donors (Lipinski definition) is 3. The van der Waals surface area contributed by atoms with Crippen molar-refractivity contribution in [1.29, 1.82) is 0 Å². The molecule has 0 atom stereocenters. The van der Waals surface area contributed by atoms with E-state index in [9.17, 15) is 0 Å². The predicted molar refractivity (Wildman–Crippen MR) is 55.1 cm³/mol. The molecular formula is C10H18N2O2. The highest BCUT2D eigenvalue weighted by molar-refractivity contribution is 5.04. The van der Waals surface area contributed by atoms with E-state index in [1.807, 2.05) is 19.1 Å². The summed E-state index contributed by atoms with van der Waals surface area (Å²) >= 11 is 0. The number of furan rings is 1. The Balaban J connectivity index is 1.99. The van der Waals surface area contributed by atoms with Crippen LogP contribution in [-0.4, -0.2) is 31.3 Å². The molecule has 0 unspecified atom stereocenters. The van der Waals surface area contributed by atoms with Crippen molar-refractivity contribution in [3.8, 4) is 0 Å². The average Bonchev–Trinajstić information content (AvgIpc) is 2.58. The Labute approximate surface area is 84.3 Å². The lowest BCUT2D eigenvalue weighted by Crippen LogP contribution is -2.28. The van der Waals surface area contributed by atoms with E-state index in [1.165, 1.54) is 0 Å². The summed E-state index contributed by atoms with van der Waals surface area (Å²) in [6, 6.07) is 3.94. The molecule has 0 saturated heterocycles. The van der Waals surface area contributed by atoms with Crippen molar-refractivity contribution in [3.63, 3.8) is 0 Å². The molecule has 0 aliphatic heterocycles. The number of hydrogen-bond acceptors (Lipinski definition) is 4. The molecular weight excluding hydrogens is 180 g/mol. The molecule has 1 aromatic heterocycles. The Morgan fingerprint density at radius 1 is 1.21 bits per heavy atom. The summed E-state index contributed by atoms with van der Waals surface area (Å²) in [5.41, 5.74) is 0. The standard InChI is InChI=1S/C10H18N2O2/c1-9-2-3-10(14-9)8-12-5-4-11-6-7-13/h2-3,11-13H,4-8H2,1H3. The second kappa shape index (κ2) is 6.59. The number of aliphatic hydroxyl groups is 1. The summed E-state index contributed by atoms with van der Waals surface area (Å²) in [4.78, 5) is 0. The van der Waals surface area contributed by atoms with E-state index in [4.69, 9.17) is 9.52 Å². The lowest BCUT2D eigenvalue weighted by Gasteiger charge is -2.03. The van der Waals surface area contributed by atoms with Gasteiger partial charge in [-0.1, -0.05) is 0 Å². The maximum absolute atomic E-state index is 8.51. The van der Waals surface area contributed by atoms with E-state index in [-0.39, 0.29) is 6.61 Å². The monoisotopic (exact) mass is 198 g/mol. The highest BCUT2D eigenvalue weighted by Gasteiger charge is 1.96. The molecule has 0 aliphatic carbocycles. The van der Waals surface area contributed by atoms with Gasteiger partial charge >= 0.3 is 0 Å². The largest absolute Gasteiger partial charge is 0.465 e. The van der Waals surface area contributed by atoms with Crippen molar-refractivity contribution < 1.29 is 9.52 Å². The van der Waals surface area contributed by atoms with Crippen LogP contribution in [0.15, 0.2) is 16.5 Å². The van der Waals surface area contributed by atoms with Crippen molar-refractivity contribution in [3.05, 3.63) is 23.7 Å². The highest BCUT2D eigenvalue weighted by Crippen LogP contribution is 2.04. The molecule has 1 rings (SSSR count). The van der Waals surface area contributed by atoms with Crippen molar-refractivity contribution in [2.24, 2.45) is 0 Å². The van der Waals surface area contributed by atoms with E-state index < -0.39 is 0 Å². The summed E-state index contributed by atoms with van der Waals surface area (Å²) < 4.78 is 5.39. The quantitative estimate of drug-likeness (QED) is 0.550. The van der Waals surface area contributed by atoms with Crippen molar-refractivity contribution in [2.45, 2.75) is 13.5 Å². The van der Waals surface area contributed by atoms with Crippen molar-refractivity contribution in [2.75, 3.05) is 26.2 Å². The third kappa shape index (κ3) is 4.41. The summed E-state index contributed by atoms with van der Waals surface area (Å²) in [6.07, 6.45) is 0. The van der Waals surface area contributed by atoms with Gasteiger partial charge in [-0.25, -0.2) is 0 Å². The Hall–Kier alpha value is -0.840. The molecule has 1 heterocycles. The van der Waals surface area contributed by atoms with Crippen LogP contribution in [0.1, 0.15) is 11.5 Å². The topological polar surface area (TPSA) is 57.4 Å². The van der Waals surface area contributed by atoms with Gasteiger partial charge in [-0.05, 0) is 19.1 Å². The molecule has 0 fully saturated rings. The van der Waals surface area contributed by atoms with Gasteiger partial charge in [-0.3, -0.25) is 0 Å². The van der Waals surface area contributed by atoms with Crippen LogP contribution in [-0.2, 0) is 6.54 Å². The minimum Gasteiger partial charge on any atom is -0.465 e. The van der Waals surface area contributed by atoms with Crippen LogP contribution in [0.5, 0.6) is 0 Å². The first kappa shape index (κ1) is 11.2. The number of rotatable bonds is 7. The zero-order valence-electron chi connectivity index (χ0n) is 8.55. The van der Waals surface area contributed by atoms with Crippen LogP contribution in [0.2, 0.25) is 0 Å². The second-order valence-electron chi connectivity index (χ2n) is 3.16. The van der Waals surface area contributed by atoms with Crippen molar-refractivity contribution in [1.82, 2.24) is 10.6 Å². The molecule has 0 saturated carbocycles. The van der Waals surface area contributed by atoms with E-state index in [1.54, 1.807) is 0 Å². The van der Waals surface area contributed by atoms with Crippen LogP contribution in [0.3, 0.4) is 0 Å². The van der Waals surface area contributed by atoms with Crippen LogP contribution in [0, 0.1) is 6.92 Å². The van der Waals surface area contributed by atoms with Gasteiger partial charge < -0.3 is 20.2 Å². The molecule has 80 valence electrons. The lowest BCUT2D eigenvalue weighted by molar-refractivity contribution is 0.292. The lowest BCUT2D eigenvalue weighted by atomic mass is 10.4. The maximum atomic E-state index is 8.51. The maximum Gasteiger partial charge on any atom is 0.117 e. The summed E-state index contributed by atoms with van der Waals surface area (Å²) in [6.45, 7) is 5.28. The van der Waals surface area contributed by atoms with Crippen LogP contribution < -0.4 is 10.6 Å². The summed E-state index contributed by atoms with van der Waals surface area (Å²) in [5, 5.41) is 14.8. The third-order valence-corrected chi connectivity index (χ3v) is 1.86. The van der Waals surface area contributed by atoms with Gasteiger partial charge in [0, 0.05) is 19.6 Å².